The Kier molecular flexibility index (Phi) is 8.52. The third-order valence-electron chi connectivity index (χ3n) is 9.35. The minimum absolute atomic E-state index is 0.105. The number of nitrogens with one attached hydrogen (secondary N) is 2. The molecule has 50 heavy (non-hydrogen) atoms. The maximum atomic E-state index is 13.2. The quantitative estimate of drug-likeness (QED) is 0.103. The molecule has 3 aliphatic rings. The van der Waals surface area contributed by atoms with Crippen molar-refractivity contribution >= 4 is 46.5 Å². The fourth-order valence-electron chi connectivity index (χ4n) is 6.73. The number of hydrogen-bond acceptors (Lipinski definition) is 9. The number of halogens is 1. The zero-order valence-corrected chi connectivity index (χ0v) is 29.5. The second-order valence-corrected chi connectivity index (χ2v) is 15.4. The summed E-state index contributed by atoms with van der Waals surface area (Å²) in [7, 11) is 0. The fourth-order valence-corrected chi connectivity index (χ4v) is 9.20. The van der Waals surface area contributed by atoms with Crippen LogP contribution in [-0.2, 0) is 14.0 Å². The van der Waals surface area contributed by atoms with Crippen LogP contribution in [-0.4, -0.2) is 78.2 Å². The van der Waals surface area contributed by atoms with Gasteiger partial charge in [0.2, 0.25) is 0 Å². The zero-order valence-electron chi connectivity index (χ0n) is 27.3. The van der Waals surface area contributed by atoms with Gasteiger partial charge in [0, 0.05) is 18.0 Å². The van der Waals surface area contributed by atoms with Crippen molar-refractivity contribution < 1.29 is 40.7 Å². The number of hydrogen-bond donors (Lipinski definition) is 2. The van der Waals surface area contributed by atoms with E-state index in [1.165, 1.54) is 11.3 Å². The number of carbonyl (C=O) groups excluding carboxylic acids is 4. The Balaban J connectivity index is 0.856. The first-order valence-corrected chi connectivity index (χ1v) is 19.0. The van der Waals surface area contributed by atoms with Crippen LogP contribution in [0.4, 0.5) is 17.2 Å². The van der Waals surface area contributed by atoms with Gasteiger partial charge in [-0.15, -0.1) is 0 Å². The normalized spacial score (nSPS) is 18.2. The molecule has 1 atom stereocenters. The van der Waals surface area contributed by atoms with Gasteiger partial charge in [0.05, 0.1) is 5.69 Å². The van der Waals surface area contributed by atoms with Gasteiger partial charge in [-0.05, 0) is 13.0 Å². The van der Waals surface area contributed by atoms with E-state index in [2.05, 4.69) is 83.5 Å². The van der Waals surface area contributed by atoms with Crippen LogP contribution in [0.25, 0.3) is 16.9 Å². The summed E-state index contributed by atoms with van der Waals surface area (Å²) in [5.41, 5.74) is 7.82. The van der Waals surface area contributed by atoms with Crippen molar-refractivity contribution in [3.63, 3.8) is 0 Å². The number of piperazine rings is 1. The van der Waals surface area contributed by atoms with Crippen molar-refractivity contribution in [2.24, 2.45) is 0 Å². The molecular weight excluding hydrogens is 747 g/mol. The smallest absolute Gasteiger partial charge is 0.0499 e. The molecule has 2 fully saturated rings. The third kappa shape index (κ3) is 6.11. The average Bonchev–Trinajstić information content (AvgIpc) is 3.71. The topological polar surface area (TPSA) is 132 Å². The molecule has 254 valence electrons. The van der Waals surface area contributed by atoms with E-state index in [0.29, 0.717) is 16.9 Å². The van der Waals surface area contributed by atoms with Gasteiger partial charge in [-0.1, -0.05) is 23.8 Å². The summed E-state index contributed by atoms with van der Waals surface area (Å²) >= 11 is -0.329. The molecule has 2 aromatic heterocycles. The minimum atomic E-state index is -0.952. The first-order chi connectivity index (χ1) is 24.3. The van der Waals surface area contributed by atoms with Crippen LogP contribution in [0.2, 0.25) is 0 Å². The molecule has 0 spiro atoms. The molecule has 5 heterocycles. The molecule has 0 radical (unpaired) electrons. The van der Waals surface area contributed by atoms with E-state index in [1.54, 1.807) is 18.3 Å². The van der Waals surface area contributed by atoms with Gasteiger partial charge in [-0.25, -0.2) is 0 Å². The third-order valence-corrected chi connectivity index (χ3v) is 12.5. The second-order valence-electron chi connectivity index (χ2n) is 12.6. The number of alkyl halides is 1. The standard InChI is InChI=1S/C37H34IN8O4/c1-23-3-2-4-25(19-23)31-22-40-33(34-39-13-14-45(31)34)41-26-6-8-27(9-7-26)43-15-17-44(18-16-43)38-21-24-5-10-28-29(20-24)37(50)46(36(28)49)30-11-12-32(47)42-35(30)48/h2-10,13-14,19-20,22,30H,11-12,15-18,21H2,1H3,(H,40,41)(H,42,47,48)/q-1. The predicted molar refractivity (Wildman–Crippen MR) is 183 cm³/mol. The number of amides is 4. The predicted octanol–water partition coefficient (Wildman–Crippen LogP) is 1.18. The Morgan fingerprint density at radius 3 is 2.48 bits per heavy atom. The van der Waals surface area contributed by atoms with Crippen molar-refractivity contribution in [2.75, 3.05) is 36.4 Å². The summed E-state index contributed by atoms with van der Waals surface area (Å²) in [5, 5.41) is 5.69. The van der Waals surface area contributed by atoms with Crippen LogP contribution in [0.15, 0.2) is 85.3 Å². The van der Waals surface area contributed by atoms with Crippen molar-refractivity contribution in [1.82, 2.24) is 27.7 Å². The van der Waals surface area contributed by atoms with E-state index in [1.807, 2.05) is 18.5 Å². The summed E-state index contributed by atoms with van der Waals surface area (Å²) in [4.78, 5) is 62.9. The van der Waals surface area contributed by atoms with E-state index in [4.69, 9.17) is 4.98 Å². The van der Waals surface area contributed by atoms with Gasteiger partial charge < -0.3 is 0 Å². The number of imide groups is 2. The minimum Gasteiger partial charge on any atom is -0.0499 e. The van der Waals surface area contributed by atoms with E-state index in [0.717, 1.165) is 63.7 Å². The molecule has 0 saturated carbocycles. The van der Waals surface area contributed by atoms with Crippen LogP contribution in [0.3, 0.4) is 0 Å². The van der Waals surface area contributed by atoms with Gasteiger partial charge in [-0.3, -0.25) is 0 Å². The molecule has 0 bridgehead atoms. The van der Waals surface area contributed by atoms with Gasteiger partial charge in [0.1, 0.15) is 0 Å². The van der Waals surface area contributed by atoms with Crippen molar-refractivity contribution in [1.29, 1.82) is 0 Å². The van der Waals surface area contributed by atoms with Gasteiger partial charge >= 0.3 is 240 Å². The number of aryl methyl sites for hydroxylation is 1. The molecule has 5 aromatic rings. The summed E-state index contributed by atoms with van der Waals surface area (Å²) in [5.74, 6) is -1.21. The Hall–Kier alpha value is -5.15. The van der Waals surface area contributed by atoms with E-state index < -0.39 is 23.8 Å². The van der Waals surface area contributed by atoms with Crippen molar-refractivity contribution in [2.45, 2.75) is 30.2 Å². The van der Waals surface area contributed by atoms with Crippen molar-refractivity contribution in [3.8, 4) is 11.3 Å². The number of imidazole rings is 1. The molecule has 2 saturated heterocycles. The first kappa shape index (κ1) is 32.1. The Morgan fingerprint density at radius 1 is 0.900 bits per heavy atom. The fraction of sp³-hybridized carbons (Fsp3) is 0.243. The molecule has 3 aromatic carbocycles. The van der Waals surface area contributed by atoms with E-state index in [-0.39, 0.29) is 40.2 Å². The molecule has 13 heteroatoms. The van der Waals surface area contributed by atoms with Gasteiger partial charge in [0.25, 0.3) is 0 Å². The van der Waals surface area contributed by atoms with Crippen LogP contribution in [0.5, 0.6) is 0 Å². The van der Waals surface area contributed by atoms with Crippen LogP contribution >= 0.6 is 0 Å². The summed E-state index contributed by atoms with van der Waals surface area (Å²) in [6, 6.07) is 21.2. The molecule has 8 rings (SSSR count). The molecular formula is C37H34IN8O4-. The number of nitrogens with zero attached hydrogens (tertiary/aromatic N) is 6. The number of rotatable bonds is 8. The first-order valence-electron chi connectivity index (χ1n) is 16.5. The number of piperidine rings is 1. The molecule has 3 aliphatic heterocycles. The summed E-state index contributed by atoms with van der Waals surface area (Å²) in [6.45, 7) is 5.82. The Bertz CT molecular complexity index is 2160. The summed E-state index contributed by atoms with van der Waals surface area (Å²) in [6.07, 6.45) is 5.88. The maximum absolute atomic E-state index is 13.2. The number of carbonyl (C=O) groups is 4. The van der Waals surface area contributed by atoms with Crippen LogP contribution in [0, 0.1) is 6.92 Å². The van der Waals surface area contributed by atoms with Crippen molar-refractivity contribution in [3.05, 3.63) is 108 Å². The van der Waals surface area contributed by atoms with Crippen LogP contribution in [0.1, 0.15) is 44.7 Å². The van der Waals surface area contributed by atoms with Crippen LogP contribution < -0.4 is 37.0 Å². The van der Waals surface area contributed by atoms with Gasteiger partial charge in [0.15, 0.2) is 0 Å². The Morgan fingerprint density at radius 2 is 1.70 bits per heavy atom. The molecule has 0 aliphatic carbocycles. The molecule has 2 N–H and O–H groups in total. The number of anilines is 3. The summed E-state index contributed by atoms with van der Waals surface area (Å²) < 4.78 is 5.42. The zero-order chi connectivity index (χ0) is 34.4. The monoisotopic (exact) mass is 781 g/mol. The Labute approximate surface area is 299 Å². The van der Waals surface area contributed by atoms with E-state index >= 15 is 0 Å². The number of benzene rings is 3. The second kappa shape index (κ2) is 13.3. The molecule has 12 nitrogen and oxygen atoms in total. The SMILES string of the molecule is Cc1cccc(-c2cnc(Nc3ccc(N4CCN([I-]Cc5ccc6c(c5)C(=O)N(C5CCC(=O)NC5=O)C6=O)CC4)cc3)c3nccn23)c1. The molecule has 4 amide bonds. The molecule has 1 unspecified atom stereocenters. The van der Waals surface area contributed by atoms with Gasteiger partial charge in [-0.2, -0.15) is 0 Å². The number of fused-ring (bicyclic) bond motifs is 2. The average molecular weight is 782 g/mol. The van der Waals surface area contributed by atoms with E-state index in [9.17, 15) is 19.2 Å². The number of aromatic nitrogens is 3.